The van der Waals surface area contributed by atoms with Crippen molar-refractivity contribution in [3.8, 4) is 0 Å². The van der Waals surface area contributed by atoms with Gasteiger partial charge in [-0.1, -0.05) is 18.2 Å². The molecule has 0 N–H and O–H groups in total. The summed E-state index contributed by atoms with van der Waals surface area (Å²) in [7, 11) is 0. The van der Waals surface area contributed by atoms with Crippen LogP contribution >= 0.6 is 0 Å². The van der Waals surface area contributed by atoms with Gasteiger partial charge in [-0.05, 0) is 25.8 Å². The third-order valence-corrected chi connectivity index (χ3v) is 2.19. The lowest BCUT2D eigenvalue weighted by molar-refractivity contribution is 0.114. The molecule has 1 aliphatic heterocycles. The Kier molecular flexibility index (Phi) is 4.68. The molecular weight excluding hydrogens is 190 g/mol. The molecule has 0 spiro atoms. The van der Waals surface area contributed by atoms with Crippen molar-refractivity contribution in [2.75, 3.05) is 6.61 Å². The van der Waals surface area contributed by atoms with Crippen molar-refractivity contribution in [2.45, 2.75) is 25.8 Å². The van der Waals surface area contributed by atoms with Crippen molar-refractivity contribution in [2.24, 2.45) is 0 Å². The summed E-state index contributed by atoms with van der Waals surface area (Å²) in [6, 6.07) is 0.0899. The number of nitrogens with zero attached hydrogens (tertiary/aromatic N) is 1. The van der Waals surface area contributed by atoms with Crippen LogP contribution in [0.5, 0.6) is 0 Å². The summed E-state index contributed by atoms with van der Waals surface area (Å²) in [5.41, 5.74) is 0. The van der Waals surface area contributed by atoms with Gasteiger partial charge in [-0.25, -0.2) is 4.79 Å². The maximum Gasteiger partial charge on any atom is 0.414 e. The zero-order chi connectivity index (χ0) is 11.1. The molecule has 1 atom stereocenters. The largest absolute Gasteiger partial charge is 0.449 e. The van der Waals surface area contributed by atoms with E-state index in [9.17, 15) is 4.79 Å². The van der Waals surface area contributed by atoms with Crippen molar-refractivity contribution in [3.63, 3.8) is 0 Å². The molecule has 1 unspecified atom stereocenters. The van der Waals surface area contributed by atoms with Gasteiger partial charge in [0.2, 0.25) is 0 Å². The molecule has 3 heteroatoms. The molecule has 3 nitrogen and oxygen atoms in total. The summed E-state index contributed by atoms with van der Waals surface area (Å²) in [6.07, 6.45) is 10.9. The molecule has 1 amide bonds. The molecule has 82 valence electrons. The number of amides is 1. The monoisotopic (exact) mass is 207 g/mol. The molecule has 0 aromatic heterocycles. The van der Waals surface area contributed by atoms with E-state index in [2.05, 4.69) is 6.58 Å². The Labute approximate surface area is 90.7 Å². The number of ether oxygens (including phenoxy) is 1. The second-order valence-corrected chi connectivity index (χ2v) is 3.27. The van der Waals surface area contributed by atoms with Crippen molar-refractivity contribution in [1.82, 2.24) is 4.90 Å². The molecule has 0 radical (unpaired) electrons. The normalized spacial score (nSPS) is 19.0. The van der Waals surface area contributed by atoms with E-state index in [4.69, 9.17) is 4.74 Å². The van der Waals surface area contributed by atoms with Gasteiger partial charge < -0.3 is 4.74 Å². The summed E-state index contributed by atoms with van der Waals surface area (Å²) in [4.78, 5) is 13.2. The lowest BCUT2D eigenvalue weighted by Gasteiger charge is -2.27. The van der Waals surface area contributed by atoms with Crippen LogP contribution in [0, 0.1) is 0 Å². The molecule has 0 aromatic rings. The minimum absolute atomic E-state index is 0.0899. The van der Waals surface area contributed by atoms with Crippen LogP contribution < -0.4 is 0 Å². The number of allylic oxidation sites excluding steroid dienone is 3. The fraction of sp³-hybridized carbons (Fsp3) is 0.417. The highest BCUT2D eigenvalue weighted by atomic mass is 16.6. The molecule has 0 saturated carbocycles. The topological polar surface area (TPSA) is 29.5 Å². The van der Waals surface area contributed by atoms with E-state index in [0.29, 0.717) is 6.61 Å². The molecule has 1 rings (SSSR count). The van der Waals surface area contributed by atoms with Crippen LogP contribution in [0.15, 0.2) is 37.1 Å². The first-order valence-electron chi connectivity index (χ1n) is 5.20. The van der Waals surface area contributed by atoms with Crippen molar-refractivity contribution in [1.29, 1.82) is 0 Å². The fourth-order valence-corrected chi connectivity index (χ4v) is 1.46. The highest BCUT2D eigenvalue weighted by Gasteiger charge is 2.21. The van der Waals surface area contributed by atoms with Gasteiger partial charge in [0.15, 0.2) is 0 Å². The lowest BCUT2D eigenvalue weighted by atomic mass is 10.1. The zero-order valence-electron chi connectivity index (χ0n) is 9.06. The minimum atomic E-state index is -0.285. The van der Waals surface area contributed by atoms with Crippen LogP contribution in [0.25, 0.3) is 0 Å². The Morgan fingerprint density at radius 1 is 1.60 bits per heavy atom. The first kappa shape index (κ1) is 11.6. The molecule has 15 heavy (non-hydrogen) atoms. The minimum Gasteiger partial charge on any atom is -0.449 e. The first-order valence-corrected chi connectivity index (χ1v) is 5.20. The van der Waals surface area contributed by atoms with E-state index in [1.807, 2.05) is 24.3 Å². The molecule has 0 fully saturated rings. The average Bonchev–Trinajstić information content (AvgIpc) is 2.27. The van der Waals surface area contributed by atoms with Crippen LogP contribution in [0.2, 0.25) is 0 Å². The Bertz CT molecular complexity index is 281. The van der Waals surface area contributed by atoms with Crippen LogP contribution in [0.3, 0.4) is 0 Å². The summed E-state index contributed by atoms with van der Waals surface area (Å²) in [5, 5.41) is 0. The van der Waals surface area contributed by atoms with Crippen LogP contribution in [-0.2, 0) is 4.74 Å². The Hall–Kier alpha value is -1.51. The van der Waals surface area contributed by atoms with E-state index in [1.54, 1.807) is 18.0 Å². The van der Waals surface area contributed by atoms with Gasteiger partial charge >= 0.3 is 6.09 Å². The number of carbonyl (C=O) groups is 1. The quantitative estimate of drug-likeness (QED) is 0.663. The molecule has 1 aliphatic rings. The highest BCUT2D eigenvalue weighted by Crippen LogP contribution is 2.15. The number of hydrogen-bond acceptors (Lipinski definition) is 2. The van der Waals surface area contributed by atoms with Gasteiger partial charge in [-0.15, -0.1) is 6.58 Å². The van der Waals surface area contributed by atoms with Crippen LogP contribution in [0.1, 0.15) is 19.8 Å². The van der Waals surface area contributed by atoms with Gasteiger partial charge in [0, 0.05) is 6.20 Å². The van der Waals surface area contributed by atoms with Gasteiger partial charge in [-0.3, -0.25) is 4.90 Å². The average molecular weight is 207 g/mol. The smallest absolute Gasteiger partial charge is 0.414 e. The number of rotatable bonds is 4. The van der Waals surface area contributed by atoms with Crippen LogP contribution in [-0.4, -0.2) is 23.6 Å². The molecule has 0 bridgehead atoms. The van der Waals surface area contributed by atoms with Gasteiger partial charge in [0.25, 0.3) is 0 Å². The van der Waals surface area contributed by atoms with Gasteiger partial charge in [0.05, 0.1) is 12.6 Å². The highest BCUT2D eigenvalue weighted by molar-refractivity contribution is 5.70. The van der Waals surface area contributed by atoms with E-state index in [-0.39, 0.29) is 12.1 Å². The summed E-state index contributed by atoms with van der Waals surface area (Å²) in [5.74, 6) is 0. The van der Waals surface area contributed by atoms with Crippen molar-refractivity contribution < 1.29 is 9.53 Å². The second kappa shape index (κ2) is 6.06. The molecule has 0 aromatic carbocycles. The molecule has 1 heterocycles. The predicted molar refractivity (Wildman–Crippen MR) is 60.4 cm³/mol. The number of carbonyl (C=O) groups excluding carboxylic acids is 1. The third-order valence-electron chi connectivity index (χ3n) is 2.19. The van der Waals surface area contributed by atoms with Gasteiger partial charge in [-0.2, -0.15) is 0 Å². The molecule has 0 saturated heterocycles. The Morgan fingerprint density at radius 3 is 3.07 bits per heavy atom. The maximum atomic E-state index is 11.6. The van der Waals surface area contributed by atoms with E-state index < -0.39 is 0 Å². The standard InChI is InChI=1S/C12H17NO2/c1-3-5-8-11-9-6-7-10-13(11)12(14)15-4-2/h3,6-7,9-11H,1,4-5,8H2,2H3. The number of hydrogen-bond donors (Lipinski definition) is 0. The van der Waals surface area contributed by atoms with Crippen LogP contribution in [0.4, 0.5) is 4.79 Å². The summed E-state index contributed by atoms with van der Waals surface area (Å²) < 4.78 is 4.97. The van der Waals surface area contributed by atoms with E-state index in [1.165, 1.54) is 0 Å². The SMILES string of the molecule is C=CCCC1C=CC=CN1C(=O)OCC. The first-order chi connectivity index (χ1) is 7.29. The lowest BCUT2D eigenvalue weighted by Crippen LogP contribution is -2.36. The van der Waals surface area contributed by atoms with E-state index >= 15 is 0 Å². The summed E-state index contributed by atoms with van der Waals surface area (Å²) >= 11 is 0. The van der Waals surface area contributed by atoms with E-state index in [0.717, 1.165) is 12.8 Å². The fourth-order valence-electron chi connectivity index (χ4n) is 1.46. The zero-order valence-corrected chi connectivity index (χ0v) is 9.06. The third kappa shape index (κ3) is 3.27. The molecule has 0 aliphatic carbocycles. The van der Waals surface area contributed by atoms with Crippen molar-refractivity contribution in [3.05, 3.63) is 37.1 Å². The Morgan fingerprint density at radius 2 is 2.40 bits per heavy atom. The molecular formula is C12H17NO2. The second-order valence-electron chi connectivity index (χ2n) is 3.27. The predicted octanol–water partition coefficient (Wildman–Crippen LogP) is 2.86. The van der Waals surface area contributed by atoms with Gasteiger partial charge in [0.1, 0.15) is 0 Å². The Balaban J connectivity index is 2.58. The van der Waals surface area contributed by atoms with Crippen molar-refractivity contribution >= 4 is 6.09 Å². The summed E-state index contributed by atoms with van der Waals surface area (Å²) in [6.45, 7) is 5.88. The maximum absolute atomic E-state index is 11.6.